The molecule has 0 bridgehead atoms. The van der Waals surface area contributed by atoms with Gasteiger partial charge in [0.05, 0.1) is 5.33 Å². The molecule has 0 unspecified atom stereocenters. The summed E-state index contributed by atoms with van der Waals surface area (Å²) in [6.07, 6.45) is 2.51. The minimum absolute atomic E-state index is 0.198. The quantitative estimate of drug-likeness (QED) is 0.616. The predicted octanol–water partition coefficient (Wildman–Crippen LogP) is 3.68. The van der Waals surface area contributed by atoms with E-state index in [1.165, 1.54) is 4.90 Å². The molecule has 1 aromatic carbocycles. The Hall–Kier alpha value is 0.200. The van der Waals surface area contributed by atoms with Crippen LogP contribution < -0.4 is 0 Å². The first-order valence-electron chi connectivity index (χ1n) is 4.07. The number of thioether (sulfide) groups is 1. The van der Waals surface area contributed by atoms with Crippen molar-refractivity contribution in [3.05, 3.63) is 28.2 Å². The second-order valence-corrected chi connectivity index (χ2v) is 5.10. The summed E-state index contributed by atoms with van der Waals surface area (Å²) in [5.41, 5.74) is 1.06. The van der Waals surface area contributed by atoms with E-state index in [1.807, 2.05) is 18.4 Å². The zero-order valence-corrected chi connectivity index (χ0v) is 11.7. The van der Waals surface area contributed by atoms with E-state index in [0.717, 1.165) is 10.0 Å². The third kappa shape index (κ3) is 3.41. The van der Waals surface area contributed by atoms with E-state index in [1.54, 1.807) is 11.8 Å². The summed E-state index contributed by atoms with van der Waals surface area (Å²) in [6.45, 7) is 0. The van der Waals surface area contributed by atoms with Gasteiger partial charge in [-0.25, -0.2) is 0 Å². The molecular formula is C10H10Br2OS. The van der Waals surface area contributed by atoms with E-state index in [9.17, 15) is 4.79 Å². The van der Waals surface area contributed by atoms with Crippen molar-refractivity contribution in [2.24, 2.45) is 0 Å². The SMILES string of the molecule is CSc1ccc(Br)c(CC(=O)CBr)c1. The number of rotatable bonds is 4. The van der Waals surface area contributed by atoms with Gasteiger partial charge in [0.2, 0.25) is 0 Å². The molecule has 0 aliphatic rings. The number of Topliss-reactive ketones (excluding diaryl/α,β-unsaturated/α-hetero) is 1. The smallest absolute Gasteiger partial charge is 0.147 e. The molecule has 0 fully saturated rings. The van der Waals surface area contributed by atoms with Crippen LogP contribution in [0.15, 0.2) is 27.6 Å². The highest BCUT2D eigenvalue weighted by Gasteiger charge is 2.06. The molecule has 4 heteroatoms. The molecule has 0 atom stereocenters. The number of halogens is 2. The Morgan fingerprint density at radius 2 is 2.21 bits per heavy atom. The summed E-state index contributed by atoms with van der Waals surface area (Å²) in [5.74, 6) is 0.198. The van der Waals surface area contributed by atoms with Crippen molar-refractivity contribution in [2.75, 3.05) is 11.6 Å². The lowest BCUT2D eigenvalue weighted by atomic mass is 10.1. The van der Waals surface area contributed by atoms with Gasteiger partial charge in [-0.15, -0.1) is 11.8 Å². The fourth-order valence-electron chi connectivity index (χ4n) is 1.07. The number of hydrogen-bond donors (Lipinski definition) is 0. The summed E-state index contributed by atoms with van der Waals surface area (Å²) < 4.78 is 1.00. The first kappa shape index (κ1) is 12.3. The molecule has 0 amide bonds. The van der Waals surface area contributed by atoms with Gasteiger partial charge in [0.1, 0.15) is 5.78 Å². The van der Waals surface area contributed by atoms with Gasteiger partial charge in [-0.3, -0.25) is 4.79 Å². The maximum Gasteiger partial charge on any atom is 0.147 e. The zero-order valence-electron chi connectivity index (χ0n) is 7.72. The molecule has 1 nitrogen and oxygen atoms in total. The molecule has 0 saturated heterocycles. The summed E-state index contributed by atoms with van der Waals surface area (Å²) in [4.78, 5) is 12.4. The topological polar surface area (TPSA) is 17.1 Å². The molecule has 0 aliphatic carbocycles. The van der Waals surface area contributed by atoms with Crippen LogP contribution in [0.25, 0.3) is 0 Å². The van der Waals surface area contributed by atoms with Crippen LogP contribution in [0.3, 0.4) is 0 Å². The molecule has 0 aliphatic heterocycles. The number of ketones is 1. The van der Waals surface area contributed by atoms with E-state index in [0.29, 0.717) is 11.8 Å². The van der Waals surface area contributed by atoms with Crippen LogP contribution in [-0.4, -0.2) is 17.4 Å². The molecule has 1 rings (SSSR count). The van der Waals surface area contributed by atoms with Crippen molar-refractivity contribution in [1.82, 2.24) is 0 Å². The molecule has 0 spiro atoms. The third-order valence-electron chi connectivity index (χ3n) is 1.79. The lowest BCUT2D eigenvalue weighted by Gasteiger charge is -2.04. The second kappa shape index (κ2) is 5.93. The molecule has 0 N–H and O–H groups in total. The van der Waals surface area contributed by atoms with Crippen LogP contribution in [0.5, 0.6) is 0 Å². The Kier molecular flexibility index (Phi) is 5.20. The van der Waals surface area contributed by atoms with Gasteiger partial charge in [-0.2, -0.15) is 0 Å². The van der Waals surface area contributed by atoms with Gasteiger partial charge >= 0.3 is 0 Å². The van der Waals surface area contributed by atoms with E-state index < -0.39 is 0 Å². The van der Waals surface area contributed by atoms with Crippen molar-refractivity contribution in [2.45, 2.75) is 11.3 Å². The number of hydrogen-bond acceptors (Lipinski definition) is 2. The molecular weight excluding hydrogens is 328 g/mol. The monoisotopic (exact) mass is 336 g/mol. The van der Waals surface area contributed by atoms with Crippen molar-refractivity contribution in [3.63, 3.8) is 0 Å². The highest BCUT2D eigenvalue weighted by molar-refractivity contribution is 9.10. The summed E-state index contributed by atoms with van der Waals surface area (Å²) in [6, 6.07) is 6.08. The van der Waals surface area contributed by atoms with E-state index >= 15 is 0 Å². The fourth-order valence-corrected chi connectivity index (χ4v) is 2.12. The van der Waals surface area contributed by atoms with Gasteiger partial charge in [-0.1, -0.05) is 31.9 Å². The van der Waals surface area contributed by atoms with Crippen molar-refractivity contribution in [1.29, 1.82) is 0 Å². The van der Waals surface area contributed by atoms with Crippen LogP contribution in [-0.2, 0) is 11.2 Å². The minimum atomic E-state index is 0.198. The second-order valence-electron chi connectivity index (χ2n) is 2.81. The molecule has 1 aromatic rings. The zero-order chi connectivity index (χ0) is 10.6. The summed E-state index contributed by atoms with van der Waals surface area (Å²) in [7, 11) is 0. The molecule has 14 heavy (non-hydrogen) atoms. The molecule has 76 valence electrons. The average Bonchev–Trinajstić information content (AvgIpc) is 2.21. The van der Waals surface area contributed by atoms with E-state index in [-0.39, 0.29) is 5.78 Å². The standard InChI is InChI=1S/C10H10Br2OS/c1-14-9-2-3-10(12)7(5-9)4-8(13)6-11/h2-3,5H,4,6H2,1H3. The van der Waals surface area contributed by atoms with Crippen molar-refractivity contribution in [3.8, 4) is 0 Å². The normalized spacial score (nSPS) is 10.2. The molecule has 0 saturated carbocycles. The maximum absolute atomic E-state index is 11.3. The van der Waals surface area contributed by atoms with Gasteiger partial charge in [0.15, 0.2) is 0 Å². The Morgan fingerprint density at radius 3 is 2.79 bits per heavy atom. The highest BCUT2D eigenvalue weighted by Crippen LogP contribution is 2.24. The van der Waals surface area contributed by atoms with Crippen molar-refractivity contribution < 1.29 is 4.79 Å². The average molecular weight is 338 g/mol. The largest absolute Gasteiger partial charge is 0.298 e. The summed E-state index contributed by atoms with van der Waals surface area (Å²) >= 11 is 8.29. The first-order chi connectivity index (χ1) is 6.67. The summed E-state index contributed by atoms with van der Waals surface area (Å²) in [5, 5.41) is 0.420. The maximum atomic E-state index is 11.3. The molecule has 0 heterocycles. The molecule has 0 aromatic heterocycles. The number of alkyl halides is 1. The highest BCUT2D eigenvalue weighted by atomic mass is 79.9. The van der Waals surface area contributed by atoms with Gasteiger partial charge in [-0.05, 0) is 30.0 Å². The number of carbonyl (C=O) groups excluding carboxylic acids is 1. The van der Waals surface area contributed by atoms with Gasteiger partial charge in [0, 0.05) is 15.8 Å². The Morgan fingerprint density at radius 1 is 1.50 bits per heavy atom. The van der Waals surface area contributed by atoms with E-state index in [2.05, 4.69) is 37.9 Å². The Labute approximate surface area is 105 Å². The Bertz CT molecular complexity index is 339. The van der Waals surface area contributed by atoms with Crippen LogP contribution in [0.4, 0.5) is 0 Å². The lowest BCUT2D eigenvalue weighted by molar-refractivity contribution is -0.115. The van der Waals surface area contributed by atoms with Gasteiger partial charge < -0.3 is 0 Å². The Balaban J connectivity index is 2.89. The lowest BCUT2D eigenvalue weighted by Crippen LogP contribution is -2.04. The van der Waals surface area contributed by atoms with Crippen LogP contribution >= 0.6 is 43.6 Å². The molecule has 0 radical (unpaired) electrons. The third-order valence-corrected chi connectivity index (χ3v) is 3.91. The minimum Gasteiger partial charge on any atom is -0.298 e. The van der Waals surface area contributed by atoms with Crippen molar-refractivity contribution >= 4 is 49.4 Å². The number of benzene rings is 1. The van der Waals surface area contributed by atoms with Gasteiger partial charge in [0.25, 0.3) is 0 Å². The predicted molar refractivity (Wildman–Crippen MR) is 68.4 cm³/mol. The van der Waals surface area contributed by atoms with Crippen LogP contribution in [0.2, 0.25) is 0 Å². The van der Waals surface area contributed by atoms with Crippen LogP contribution in [0, 0.1) is 0 Å². The van der Waals surface area contributed by atoms with E-state index in [4.69, 9.17) is 0 Å². The number of carbonyl (C=O) groups is 1. The first-order valence-corrected chi connectivity index (χ1v) is 7.21. The van der Waals surface area contributed by atoms with Crippen LogP contribution in [0.1, 0.15) is 5.56 Å². The fraction of sp³-hybridized carbons (Fsp3) is 0.300.